The van der Waals surface area contributed by atoms with Crippen molar-refractivity contribution in [2.45, 2.75) is 18.4 Å². The van der Waals surface area contributed by atoms with E-state index < -0.39 is 30.7 Å². The average Bonchev–Trinajstić information content (AvgIpc) is 2.29. The van der Waals surface area contributed by atoms with Crippen LogP contribution in [0.1, 0.15) is 6.42 Å². The molecule has 1 heterocycles. The maximum absolute atomic E-state index is 12.4. The number of halogens is 2. The van der Waals surface area contributed by atoms with E-state index in [1.54, 1.807) is 0 Å². The largest absolute Gasteiger partial charge is 0.301 e. The van der Waals surface area contributed by atoms with Gasteiger partial charge in [0.25, 0.3) is 5.92 Å². The van der Waals surface area contributed by atoms with Gasteiger partial charge in [0.1, 0.15) is 0 Å². The van der Waals surface area contributed by atoms with Crippen LogP contribution >= 0.6 is 0 Å². The van der Waals surface area contributed by atoms with Gasteiger partial charge in [-0.3, -0.25) is 4.79 Å². The van der Waals surface area contributed by atoms with Crippen LogP contribution in [-0.4, -0.2) is 24.3 Å². The summed E-state index contributed by atoms with van der Waals surface area (Å²) < 4.78 is 24.8. The van der Waals surface area contributed by atoms with Crippen LogP contribution in [0.25, 0.3) is 0 Å². The summed E-state index contributed by atoms with van der Waals surface area (Å²) in [6.45, 7) is -0.453. The molecule has 1 aliphatic heterocycles. The summed E-state index contributed by atoms with van der Waals surface area (Å²) in [7, 11) is 0. The molecule has 0 aliphatic carbocycles. The molecule has 1 fully saturated rings. The second kappa shape index (κ2) is 2.59. The highest BCUT2D eigenvalue weighted by Gasteiger charge is 2.41. The van der Waals surface area contributed by atoms with E-state index in [2.05, 4.69) is 5.32 Å². The average molecular weight is 159 g/mol. The van der Waals surface area contributed by atoms with E-state index in [-0.39, 0.29) is 0 Å². The van der Waals surface area contributed by atoms with E-state index in [0.29, 0.717) is 0 Å². The van der Waals surface area contributed by atoms with Gasteiger partial charge in [-0.15, -0.1) is 6.42 Å². The van der Waals surface area contributed by atoms with Gasteiger partial charge in [-0.25, -0.2) is 8.78 Å². The number of ketones is 1. The molecule has 0 aromatic heterocycles. The predicted octanol–water partition coefficient (Wildman–Crippen LogP) is 0.186. The van der Waals surface area contributed by atoms with Crippen molar-refractivity contribution in [1.82, 2.24) is 5.32 Å². The van der Waals surface area contributed by atoms with Gasteiger partial charge < -0.3 is 5.32 Å². The molecule has 1 rings (SSSR count). The number of carbonyl (C=O) groups is 1. The first-order chi connectivity index (χ1) is 5.05. The number of hydrogen-bond donors (Lipinski definition) is 1. The summed E-state index contributed by atoms with van der Waals surface area (Å²) in [6, 6.07) is -0.852. The van der Waals surface area contributed by atoms with E-state index in [1.165, 1.54) is 0 Å². The molecule has 11 heavy (non-hydrogen) atoms. The van der Waals surface area contributed by atoms with E-state index in [0.717, 1.165) is 0 Å². The van der Waals surface area contributed by atoms with Crippen LogP contribution in [0, 0.1) is 12.3 Å². The van der Waals surface area contributed by atoms with E-state index in [9.17, 15) is 13.6 Å². The lowest BCUT2D eigenvalue weighted by Crippen LogP contribution is -2.29. The molecule has 60 valence electrons. The van der Waals surface area contributed by atoms with Crippen molar-refractivity contribution in [3.63, 3.8) is 0 Å². The van der Waals surface area contributed by atoms with E-state index in [1.807, 2.05) is 5.92 Å². The summed E-state index contributed by atoms with van der Waals surface area (Å²) in [5.74, 6) is -1.57. The minimum atomic E-state index is -2.78. The Morgan fingerprint density at radius 2 is 2.36 bits per heavy atom. The third-order valence-electron chi connectivity index (χ3n) is 1.57. The van der Waals surface area contributed by atoms with Gasteiger partial charge in [0.05, 0.1) is 12.6 Å². The second-order valence-corrected chi connectivity index (χ2v) is 2.50. The highest BCUT2D eigenvalue weighted by molar-refractivity contribution is 5.99. The molecule has 0 radical (unpaired) electrons. The van der Waals surface area contributed by atoms with Crippen molar-refractivity contribution in [2.24, 2.45) is 0 Å². The van der Waals surface area contributed by atoms with Gasteiger partial charge in [-0.2, -0.15) is 0 Å². The fourth-order valence-corrected chi connectivity index (χ4v) is 1.00. The number of nitrogens with one attached hydrogen (secondary N) is 1. The number of hydrogen-bond acceptors (Lipinski definition) is 2. The first kappa shape index (κ1) is 8.15. The Morgan fingerprint density at radius 3 is 2.73 bits per heavy atom. The van der Waals surface area contributed by atoms with E-state index >= 15 is 0 Å². The smallest absolute Gasteiger partial charge is 0.262 e. The van der Waals surface area contributed by atoms with Gasteiger partial charge in [-0.05, 0) is 5.92 Å². The molecule has 0 saturated carbocycles. The Kier molecular flexibility index (Phi) is 1.92. The standard InChI is InChI=1S/C7H7F2NO/c1-2-6(11)5-3-7(8,9)4-10-5/h1,5,10H,3-4H2. The molecule has 0 amide bonds. The fraction of sp³-hybridized carbons (Fsp3) is 0.571. The van der Waals surface area contributed by atoms with Crippen molar-refractivity contribution < 1.29 is 13.6 Å². The van der Waals surface area contributed by atoms with Gasteiger partial charge in [0.15, 0.2) is 0 Å². The van der Waals surface area contributed by atoms with Crippen LogP contribution in [-0.2, 0) is 4.79 Å². The maximum atomic E-state index is 12.4. The van der Waals surface area contributed by atoms with Gasteiger partial charge in [0, 0.05) is 6.42 Å². The van der Waals surface area contributed by atoms with Crippen molar-refractivity contribution in [2.75, 3.05) is 6.54 Å². The fourth-order valence-electron chi connectivity index (χ4n) is 1.00. The van der Waals surface area contributed by atoms with E-state index in [4.69, 9.17) is 6.42 Å². The normalized spacial score (nSPS) is 27.9. The Bertz CT molecular complexity index is 219. The number of Topliss-reactive ketones (excluding diaryl/α,β-unsaturated/α-hetero) is 1. The number of alkyl halides is 2. The molecule has 4 heteroatoms. The zero-order chi connectivity index (χ0) is 8.48. The molecule has 0 bridgehead atoms. The van der Waals surface area contributed by atoms with Gasteiger partial charge in [0.2, 0.25) is 5.78 Å². The molecule has 0 aromatic rings. The summed E-state index contributed by atoms with van der Waals surface area (Å²) in [6.07, 6.45) is 4.28. The Hall–Kier alpha value is -0.950. The predicted molar refractivity (Wildman–Crippen MR) is 35.2 cm³/mol. The first-order valence-corrected chi connectivity index (χ1v) is 3.17. The van der Waals surface area contributed by atoms with Crippen LogP contribution in [0.2, 0.25) is 0 Å². The molecule has 1 N–H and O–H groups in total. The van der Waals surface area contributed by atoms with Crippen molar-refractivity contribution in [3.8, 4) is 12.3 Å². The molecule has 1 saturated heterocycles. The van der Waals surface area contributed by atoms with Crippen LogP contribution in [0.15, 0.2) is 0 Å². The number of terminal acetylenes is 1. The second-order valence-electron chi connectivity index (χ2n) is 2.50. The number of carbonyl (C=O) groups excluding carboxylic acids is 1. The van der Waals surface area contributed by atoms with Crippen molar-refractivity contribution in [1.29, 1.82) is 0 Å². The minimum absolute atomic E-state index is 0.453. The molecule has 1 aliphatic rings. The van der Waals surface area contributed by atoms with Crippen molar-refractivity contribution >= 4 is 5.78 Å². The molecule has 1 unspecified atom stereocenters. The van der Waals surface area contributed by atoms with Crippen LogP contribution in [0.4, 0.5) is 8.78 Å². The SMILES string of the molecule is C#CC(=O)C1CC(F)(F)CN1. The molecule has 2 nitrogen and oxygen atoms in total. The zero-order valence-corrected chi connectivity index (χ0v) is 5.73. The summed E-state index contributed by atoms with van der Waals surface area (Å²) in [5.41, 5.74) is 0. The third kappa shape index (κ3) is 1.75. The Labute approximate surface area is 63.0 Å². The van der Waals surface area contributed by atoms with Crippen LogP contribution in [0.5, 0.6) is 0 Å². The lowest BCUT2D eigenvalue weighted by Gasteiger charge is -2.04. The number of rotatable bonds is 1. The first-order valence-electron chi connectivity index (χ1n) is 3.17. The topological polar surface area (TPSA) is 29.1 Å². The zero-order valence-electron chi connectivity index (χ0n) is 5.73. The Morgan fingerprint density at radius 1 is 1.73 bits per heavy atom. The lowest BCUT2D eigenvalue weighted by atomic mass is 10.1. The van der Waals surface area contributed by atoms with Crippen LogP contribution < -0.4 is 5.32 Å². The highest BCUT2D eigenvalue weighted by Crippen LogP contribution is 2.25. The molecule has 1 atom stereocenters. The monoisotopic (exact) mass is 159 g/mol. The lowest BCUT2D eigenvalue weighted by molar-refractivity contribution is -0.115. The minimum Gasteiger partial charge on any atom is -0.301 e. The maximum Gasteiger partial charge on any atom is 0.262 e. The van der Waals surface area contributed by atoms with Crippen molar-refractivity contribution in [3.05, 3.63) is 0 Å². The molecule has 0 aromatic carbocycles. The van der Waals surface area contributed by atoms with Gasteiger partial charge in [-0.1, -0.05) is 0 Å². The Balaban J connectivity index is 2.57. The van der Waals surface area contributed by atoms with Gasteiger partial charge >= 0.3 is 0 Å². The highest BCUT2D eigenvalue weighted by atomic mass is 19.3. The molecular formula is C7H7F2NO. The summed E-state index contributed by atoms with van der Waals surface area (Å²) >= 11 is 0. The summed E-state index contributed by atoms with van der Waals surface area (Å²) in [4.78, 5) is 10.7. The quantitative estimate of drug-likeness (QED) is 0.437. The third-order valence-corrected chi connectivity index (χ3v) is 1.57. The van der Waals surface area contributed by atoms with Crippen LogP contribution in [0.3, 0.4) is 0 Å². The molecule has 0 spiro atoms. The molecular weight excluding hydrogens is 152 g/mol. The summed E-state index contributed by atoms with van der Waals surface area (Å²) in [5, 5.41) is 2.36.